The smallest absolute Gasteiger partial charge is 0.344 e. The monoisotopic (exact) mass is 533 g/mol. The van der Waals surface area contributed by atoms with E-state index in [2.05, 4.69) is 4.99 Å². The van der Waals surface area contributed by atoms with Crippen LogP contribution in [0.5, 0.6) is 5.75 Å². The molecule has 0 saturated heterocycles. The van der Waals surface area contributed by atoms with Gasteiger partial charge < -0.3 is 14.6 Å². The molecule has 0 aromatic heterocycles. The Labute approximate surface area is 224 Å². The molecule has 1 aliphatic rings. The molecule has 3 aromatic carbocycles. The molecule has 1 N–H and O–H groups in total. The van der Waals surface area contributed by atoms with Gasteiger partial charge in [0, 0.05) is 16.1 Å². The van der Waals surface area contributed by atoms with Gasteiger partial charge in [-0.05, 0) is 55.3 Å². The number of aliphatic hydroxyl groups excluding tert-OH is 1. The molecular formula is C29H24ClNO5S. The van der Waals surface area contributed by atoms with Crippen LogP contribution in [0.4, 0.5) is 0 Å². The Bertz CT molecular complexity index is 1430. The molecule has 3 aromatic rings. The second-order valence-electron chi connectivity index (χ2n) is 8.04. The fraction of sp³-hybridized carbons (Fsp3) is 0.138. The van der Waals surface area contributed by atoms with E-state index in [1.807, 2.05) is 55.5 Å². The molecule has 0 fully saturated rings. The number of aryl methyl sites for hydroxylation is 1. The zero-order valence-electron chi connectivity index (χ0n) is 20.2. The largest absolute Gasteiger partial charge is 0.506 e. The number of benzene rings is 3. The third-order valence-electron chi connectivity index (χ3n) is 5.48. The summed E-state index contributed by atoms with van der Waals surface area (Å²) in [6.45, 7) is 3.92. The number of esters is 1. The maximum absolute atomic E-state index is 12.8. The Balaban J connectivity index is 1.57. The number of rotatable bonds is 7. The highest BCUT2D eigenvalue weighted by Gasteiger charge is 2.34. The zero-order chi connectivity index (χ0) is 26.4. The summed E-state index contributed by atoms with van der Waals surface area (Å²) in [5.74, 6) is -0.870. The molecule has 8 heteroatoms. The standard InChI is InChI=1S/C29H24ClNO5S/c1-3-35-29(34)25-26(32)24(37-28(25)31-27(33)22-10-6-4-8-18(22)2)16-19-12-14-21(15-13-19)36-17-20-9-5-7-11-23(20)30/h4-16,32H,3,17H2,1-2H3/b24-16-,31-28?. The molecule has 0 spiro atoms. The second kappa shape index (κ2) is 12.0. The lowest BCUT2D eigenvalue weighted by Crippen LogP contribution is -2.14. The van der Waals surface area contributed by atoms with Crippen molar-refractivity contribution in [1.29, 1.82) is 0 Å². The van der Waals surface area contributed by atoms with E-state index in [4.69, 9.17) is 21.1 Å². The molecule has 1 amide bonds. The van der Waals surface area contributed by atoms with Crippen LogP contribution >= 0.6 is 23.4 Å². The summed E-state index contributed by atoms with van der Waals surface area (Å²) in [5, 5.41) is 11.6. The molecule has 0 saturated carbocycles. The Morgan fingerprint density at radius 3 is 2.43 bits per heavy atom. The van der Waals surface area contributed by atoms with Crippen molar-refractivity contribution >= 4 is 46.4 Å². The van der Waals surface area contributed by atoms with Crippen LogP contribution in [0.1, 0.15) is 34.0 Å². The van der Waals surface area contributed by atoms with Gasteiger partial charge >= 0.3 is 5.97 Å². The fourth-order valence-corrected chi connectivity index (χ4v) is 4.75. The van der Waals surface area contributed by atoms with Crippen LogP contribution < -0.4 is 4.74 Å². The van der Waals surface area contributed by atoms with Gasteiger partial charge in [0.1, 0.15) is 28.7 Å². The maximum Gasteiger partial charge on any atom is 0.344 e. The average Bonchev–Trinajstić information content (AvgIpc) is 3.19. The maximum atomic E-state index is 12.8. The van der Waals surface area contributed by atoms with E-state index in [0.29, 0.717) is 27.8 Å². The van der Waals surface area contributed by atoms with E-state index in [-0.39, 0.29) is 23.0 Å². The number of aliphatic imine (C=N–C) groups is 1. The Morgan fingerprint density at radius 1 is 1.03 bits per heavy atom. The minimum Gasteiger partial charge on any atom is -0.506 e. The number of carbonyl (C=O) groups is 2. The van der Waals surface area contributed by atoms with Crippen LogP contribution in [0.15, 0.2) is 94.0 Å². The van der Waals surface area contributed by atoms with Crippen molar-refractivity contribution in [1.82, 2.24) is 0 Å². The number of halogens is 1. The topological polar surface area (TPSA) is 85.2 Å². The first kappa shape index (κ1) is 26.3. The predicted molar refractivity (Wildman–Crippen MR) is 147 cm³/mol. The highest BCUT2D eigenvalue weighted by Crippen LogP contribution is 2.39. The van der Waals surface area contributed by atoms with Gasteiger partial charge in [-0.3, -0.25) is 4.79 Å². The van der Waals surface area contributed by atoms with Gasteiger partial charge in [0.25, 0.3) is 5.91 Å². The van der Waals surface area contributed by atoms with Crippen molar-refractivity contribution in [2.45, 2.75) is 20.5 Å². The normalized spacial score (nSPS) is 15.3. The number of thioether (sulfide) groups is 1. The quantitative estimate of drug-likeness (QED) is 0.331. The number of amides is 1. The lowest BCUT2D eigenvalue weighted by molar-refractivity contribution is -0.138. The average molecular weight is 534 g/mol. The minimum atomic E-state index is -0.740. The van der Waals surface area contributed by atoms with Crippen molar-refractivity contribution in [3.05, 3.63) is 116 Å². The van der Waals surface area contributed by atoms with Gasteiger partial charge in [-0.2, -0.15) is 0 Å². The van der Waals surface area contributed by atoms with E-state index in [9.17, 15) is 14.7 Å². The summed E-state index contributed by atoms with van der Waals surface area (Å²) in [6, 6.07) is 21.8. The lowest BCUT2D eigenvalue weighted by atomic mass is 10.1. The number of hydrogen-bond acceptors (Lipinski definition) is 6. The number of aliphatic hydroxyl groups is 1. The van der Waals surface area contributed by atoms with Gasteiger partial charge in [-0.1, -0.05) is 71.9 Å². The fourth-order valence-electron chi connectivity index (χ4n) is 3.55. The van der Waals surface area contributed by atoms with Crippen LogP contribution in [-0.2, 0) is 16.1 Å². The molecular weight excluding hydrogens is 510 g/mol. The van der Waals surface area contributed by atoms with Crippen LogP contribution in [-0.4, -0.2) is 28.6 Å². The predicted octanol–water partition coefficient (Wildman–Crippen LogP) is 6.93. The summed E-state index contributed by atoms with van der Waals surface area (Å²) in [6.07, 6.45) is 1.71. The van der Waals surface area contributed by atoms with Crippen molar-refractivity contribution < 1.29 is 24.2 Å². The molecule has 0 radical (unpaired) electrons. The first-order valence-electron chi connectivity index (χ1n) is 11.5. The second-order valence-corrected chi connectivity index (χ2v) is 9.48. The highest BCUT2D eigenvalue weighted by molar-refractivity contribution is 8.18. The lowest BCUT2D eigenvalue weighted by Gasteiger charge is -2.08. The molecule has 37 heavy (non-hydrogen) atoms. The van der Waals surface area contributed by atoms with E-state index >= 15 is 0 Å². The molecule has 0 atom stereocenters. The summed E-state index contributed by atoms with van der Waals surface area (Å²) in [7, 11) is 0. The number of hydrogen-bond donors (Lipinski definition) is 1. The van der Waals surface area contributed by atoms with E-state index < -0.39 is 11.9 Å². The molecule has 188 valence electrons. The molecule has 4 rings (SSSR count). The molecule has 1 aliphatic heterocycles. The molecule has 0 aliphatic carbocycles. The number of nitrogens with zero attached hydrogens (tertiary/aromatic N) is 1. The molecule has 1 heterocycles. The van der Waals surface area contributed by atoms with Gasteiger partial charge in [-0.15, -0.1) is 0 Å². The third kappa shape index (κ3) is 6.31. The summed E-state index contributed by atoms with van der Waals surface area (Å²) in [5.41, 5.74) is 2.70. The van der Waals surface area contributed by atoms with E-state index in [1.165, 1.54) is 0 Å². The molecule has 0 unspecified atom stereocenters. The van der Waals surface area contributed by atoms with E-state index in [0.717, 1.165) is 28.5 Å². The van der Waals surface area contributed by atoms with Gasteiger partial charge in [0.05, 0.1) is 11.5 Å². The van der Waals surface area contributed by atoms with Crippen LogP contribution in [0.2, 0.25) is 5.02 Å². The van der Waals surface area contributed by atoms with Crippen LogP contribution in [0, 0.1) is 6.92 Å². The van der Waals surface area contributed by atoms with Crippen LogP contribution in [0.3, 0.4) is 0 Å². The van der Waals surface area contributed by atoms with Gasteiger partial charge in [-0.25, -0.2) is 9.79 Å². The Morgan fingerprint density at radius 2 is 1.73 bits per heavy atom. The first-order valence-corrected chi connectivity index (χ1v) is 12.7. The first-order chi connectivity index (χ1) is 17.9. The van der Waals surface area contributed by atoms with Crippen molar-refractivity contribution in [3.8, 4) is 5.75 Å². The summed E-state index contributed by atoms with van der Waals surface area (Å²) < 4.78 is 10.9. The van der Waals surface area contributed by atoms with Gasteiger partial charge in [0.15, 0.2) is 0 Å². The summed E-state index contributed by atoms with van der Waals surface area (Å²) >= 11 is 7.22. The SMILES string of the molecule is CCOC(=O)C1=C(O)/C(=C/c2ccc(OCc3ccccc3Cl)cc2)SC1=NC(=O)c1ccccc1C. The Kier molecular flexibility index (Phi) is 8.48. The number of carbonyl (C=O) groups excluding carboxylic acids is 2. The summed E-state index contributed by atoms with van der Waals surface area (Å²) in [4.78, 5) is 30.0. The molecule has 0 bridgehead atoms. The van der Waals surface area contributed by atoms with Gasteiger partial charge in [0.2, 0.25) is 0 Å². The zero-order valence-corrected chi connectivity index (χ0v) is 21.8. The van der Waals surface area contributed by atoms with Crippen molar-refractivity contribution in [2.24, 2.45) is 4.99 Å². The third-order valence-corrected chi connectivity index (χ3v) is 6.87. The van der Waals surface area contributed by atoms with Crippen molar-refractivity contribution in [3.63, 3.8) is 0 Å². The van der Waals surface area contributed by atoms with E-state index in [1.54, 1.807) is 37.3 Å². The minimum absolute atomic E-state index is 0.0927. The Hall–Kier alpha value is -3.81. The van der Waals surface area contributed by atoms with Crippen molar-refractivity contribution in [2.75, 3.05) is 6.61 Å². The number of ether oxygens (including phenoxy) is 2. The highest BCUT2D eigenvalue weighted by atomic mass is 35.5. The van der Waals surface area contributed by atoms with Crippen LogP contribution in [0.25, 0.3) is 6.08 Å². The molecule has 6 nitrogen and oxygen atoms in total.